The Morgan fingerprint density at radius 2 is 2.00 bits per heavy atom. The summed E-state index contributed by atoms with van der Waals surface area (Å²) in [6.45, 7) is -4.81. The van der Waals surface area contributed by atoms with E-state index < -0.39 is 13.3 Å². The maximum atomic E-state index is 12.0. The number of pyridine rings is 1. The molecule has 0 N–H and O–H groups in total. The van der Waals surface area contributed by atoms with E-state index in [1.165, 1.54) is 12.3 Å². The number of halogens is 3. The smallest absolute Gasteiger partial charge is 0.449 e. The Bertz CT molecular complexity index is 342. The molecule has 0 fully saturated rings. The summed E-state index contributed by atoms with van der Waals surface area (Å²) in [5, 5.41) is 0. The van der Waals surface area contributed by atoms with E-state index in [0.29, 0.717) is 6.42 Å². The van der Waals surface area contributed by atoms with Gasteiger partial charge in [0.1, 0.15) is 0 Å². The maximum absolute atomic E-state index is 12.0. The molecule has 1 aromatic rings. The second-order valence-electron chi connectivity index (χ2n) is 2.95. The Labute approximate surface area is 129 Å². The van der Waals surface area contributed by atoms with Crippen LogP contribution in [0.1, 0.15) is 11.3 Å². The molecule has 74 valence electrons. The Kier molecular flexibility index (Phi) is 6.80. The Morgan fingerprint density at radius 1 is 1.33 bits per heavy atom. The summed E-state index contributed by atoms with van der Waals surface area (Å²) in [6.07, 6.45) is 5.89. The van der Waals surface area contributed by atoms with Crippen molar-refractivity contribution in [2.45, 2.75) is 12.7 Å². The quantitative estimate of drug-likeness (QED) is 0.495. The summed E-state index contributed by atoms with van der Waals surface area (Å²) in [5.74, 6) is 2.39. The largest absolute Gasteiger partial charge is 1.00 e. The molecule has 0 aliphatic rings. The molecule has 0 bridgehead atoms. The SMILES string of the molecule is C#CCc1ccc(C[B-](F)(F)F)nc1.[K+]. The zero-order valence-corrected chi connectivity index (χ0v) is 11.5. The molecule has 1 rings (SSSR count). The average molecular weight is 237 g/mol. The normalized spacial score (nSPS) is 10.3. The van der Waals surface area contributed by atoms with Crippen LogP contribution < -0.4 is 51.4 Å². The van der Waals surface area contributed by atoms with Gasteiger partial charge in [-0.15, -0.1) is 12.3 Å². The molecule has 0 saturated heterocycles. The van der Waals surface area contributed by atoms with Gasteiger partial charge in [-0.2, -0.15) is 0 Å². The van der Waals surface area contributed by atoms with Gasteiger partial charge < -0.3 is 12.9 Å². The molecule has 0 aliphatic heterocycles. The van der Waals surface area contributed by atoms with E-state index in [1.54, 1.807) is 6.07 Å². The van der Waals surface area contributed by atoms with Gasteiger partial charge in [-0.3, -0.25) is 4.98 Å². The Hall–Kier alpha value is 0.201. The van der Waals surface area contributed by atoms with Crippen LogP contribution in [0.15, 0.2) is 18.3 Å². The molecule has 0 saturated carbocycles. The van der Waals surface area contributed by atoms with E-state index in [0.717, 1.165) is 5.56 Å². The van der Waals surface area contributed by atoms with Crippen LogP contribution in [0.25, 0.3) is 0 Å². The summed E-state index contributed by atoms with van der Waals surface area (Å²) in [6, 6.07) is 2.94. The van der Waals surface area contributed by atoms with Crippen molar-refractivity contribution >= 4 is 6.98 Å². The zero-order chi connectivity index (χ0) is 10.6. The van der Waals surface area contributed by atoms with E-state index >= 15 is 0 Å². The van der Waals surface area contributed by atoms with Gasteiger partial charge in [0.05, 0.1) is 0 Å². The maximum Gasteiger partial charge on any atom is 1.00 e. The predicted molar refractivity (Wildman–Crippen MR) is 49.6 cm³/mol. The molecule has 0 unspecified atom stereocenters. The first-order valence-corrected chi connectivity index (χ1v) is 4.09. The Balaban J connectivity index is 0.00000196. The van der Waals surface area contributed by atoms with E-state index in [-0.39, 0.29) is 57.1 Å². The fourth-order valence-corrected chi connectivity index (χ4v) is 1.04. The third-order valence-electron chi connectivity index (χ3n) is 1.63. The molecule has 0 amide bonds. The molecule has 0 atom stereocenters. The molecule has 0 aromatic carbocycles. The third-order valence-corrected chi connectivity index (χ3v) is 1.63. The van der Waals surface area contributed by atoms with Gasteiger partial charge in [0.2, 0.25) is 0 Å². The van der Waals surface area contributed by atoms with Gasteiger partial charge in [0.15, 0.2) is 0 Å². The van der Waals surface area contributed by atoms with Crippen LogP contribution in [0.4, 0.5) is 12.9 Å². The molecule has 6 heteroatoms. The van der Waals surface area contributed by atoms with Crippen molar-refractivity contribution in [1.29, 1.82) is 0 Å². The molecule has 1 heterocycles. The summed E-state index contributed by atoms with van der Waals surface area (Å²) < 4.78 is 35.9. The van der Waals surface area contributed by atoms with Crippen LogP contribution in [0.5, 0.6) is 0 Å². The summed E-state index contributed by atoms with van der Waals surface area (Å²) in [5.41, 5.74) is 0.796. The second kappa shape index (κ2) is 6.71. The van der Waals surface area contributed by atoms with Crippen LogP contribution in [-0.2, 0) is 12.7 Å². The molecular weight excluding hydrogens is 229 g/mol. The number of terminal acetylenes is 1. The molecule has 1 aromatic heterocycles. The minimum atomic E-state index is -4.81. The first-order chi connectivity index (χ1) is 6.51. The summed E-state index contributed by atoms with van der Waals surface area (Å²) in [4.78, 5) is 3.68. The zero-order valence-electron chi connectivity index (χ0n) is 8.38. The van der Waals surface area contributed by atoms with E-state index in [1.807, 2.05) is 0 Å². The van der Waals surface area contributed by atoms with Crippen molar-refractivity contribution in [3.63, 3.8) is 0 Å². The number of hydrogen-bond acceptors (Lipinski definition) is 1. The summed E-state index contributed by atoms with van der Waals surface area (Å²) in [7, 11) is 0. The Morgan fingerprint density at radius 3 is 2.40 bits per heavy atom. The van der Waals surface area contributed by atoms with Crippen LogP contribution in [0, 0.1) is 12.3 Å². The number of aromatic nitrogens is 1. The molecular formula is C9H8BF3KN. The molecule has 0 aliphatic carbocycles. The molecule has 1 nitrogen and oxygen atoms in total. The predicted octanol–water partition coefficient (Wildman–Crippen LogP) is -0.810. The van der Waals surface area contributed by atoms with Crippen LogP contribution >= 0.6 is 0 Å². The van der Waals surface area contributed by atoms with Crippen molar-refractivity contribution in [2.24, 2.45) is 0 Å². The molecule has 0 spiro atoms. The fourth-order valence-electron chi connectivity index (χ4n) is 1.04. The van der Waals surface area contributed by atoms with Gasteiger partial charge >= 0.3 is 58.4 Å². The first-order valence-electron chi connectivity index (χ1n) is 4.09. The van der Waals surface area contributed by atoms with Crippen molar-refractivity contribution in [1.82, 2.24) is 4.98 Å². The van der Waals surface area contributed by atoms with Gasteiger partial charge in [0.25, 0.3) is 0 Å². The minimum absolute atomic E-state index is 0. The van der Waals surface area contributed by atoms with Crippen LogP contribution in [0.3, 0.4) is 0 Å². The van der Waals surface area contributed by atoms with Crippen molar-refractivity contribution in [2.75, 3.05) is 0 Å². The topological polar surface area (TPSA) is 12.9 Å². The monoisotopic (exact) mass is 237 g/mol. The number of hydrogen-bond donors (Lipinski definition) is 0. The van der Waals surface area contributed by atoms with Crippen LogP contribution in [0.2, 0.25) is 0 Å². The second-order valence-corrected chi connectivity index (χ2v) is 2.95. The van der Waals surface area contributed by atoms with Gasteiger partial charge in [-0.1, -0.05) is 6.07 Å². The minimum Gasteiger partial charge on any atom is -0.449 e. The van der Waals surface area contributed by atoms with Gasteiger partial charge in [-0.05, 0) is 17.9 Å². The van der Waals surface area contributed by atoms with Gasteiger partial charge in [-0.25, -0.2) is 0 Å². The first kappa shape index (κ1) is 15.2. The van der Waals surface area contributed by atoms with Crippen molar-refractivity contribution in [3.8, 4) is 12.3 Å². The number of nitrogens with zero attached hydrogens (tertiary/aromatic N) is 1. The molecule has 0 radical (unpaired) electrons. The standard InChI is InChI=1S/C9H8BF3N.K/c1-2-3-8-4-5-9(14-7-8)6-10(11,12)13;/h1,4-5,7H,3,6H2;/q-1;+1. The van der Waals surface area contributed by atoms with E-state index in [9.17, 15) is 12.9 Å². The van der Waals surface area contributed by atoms with Crippen molar-refractivity contribution < 1.29 is 64.3 Å². The van der Waals surface area contributed by atoms with E-state index in [4.69, 9.17) is 6.42 Å². The van der Waals surface area contributed by atoms with E-state index in [2.05, 4.69) is 10.9 Å². The summed E-state index contributed by atoms with van der Waals surface area (Å²) >= 11 is 0. The number of rotatable bonds is 3. The van der Waals surface area contributed by atoms with Crippen molar-refractivity contribution in [3.05, 3.63) is 29.6 Å². The average Bonchev–Trinajstić information content (AvgIpc) is 2.06. The van der Waals surface area contributed by atoms with Gasteiger partial charge in [0, 0.05) is 18.3 Å². The third kappa shape index (κ3) is 6.38. The van der Waals surface area contributed by atoms with Crippen LogP contribution in [-0.4, -0.2) is 12.0 Å². The fraction of sp³-hybridized carbons (Fsp3) is 0.222. The molecule has 15 heavy (non-hydrogen) atoms.